The first-order valence-electron chi connectivity index (χ1n) is 6.08. The smallest absolute Gasteiger partial charge is 0.420 e. The summed E-state index contributed by atoms with van der Waals surface area (Å²) in [6.07, 6.45) is -0.379. The van der Waals surface area contributed by atoms with E-state index in [0.29, 0.717) is 5.65 Å². The van der Waals surface area contributed by atoms with E-state index in [4.69, 9.17) is 4.74 Å². The Morgan fingerprint density at radius 2 is 1.95 bits per heavy atom. The molecule has 0 radical (unpaired) electrons. The molecule has 2 aromatic rings. The van der Waals surface area contributed by atoms with Crippen LogP contribution in [0.5, 0.6) is 0 Å². The topological polar surface area (TPSA) is 44.1 Å². The minimum absolute atomic E-state index is 0.379. The Hall–Kier alpha value is -1.11. The van der Waals surface area contributed by atoms with E-state index in [-0.39, 0.29) is 6.09 Å². The quantitative estimate of drug-likeness (QED) is 0.656. The van der Waals surface area contributed by atoms with E-state index < -0.39 is 5.60 Å². The summed E-state index contributed by atoms with van der Waals surface area (Å²) in [6.45, 7) is 9.39. The molecular formula is C14H17IN2O2. The molecule has 0 atom stereocenters. The van der Waals surface area contributed by atoms with E-state index in [1.165, 1.54) is 0 Å². The van der Waals surface area contributed by atoms with E-state index in [2.05, 4.69) is 27.6 Å². The molecule has 0 N–H and O–H groups in total. The van der Waals surface area contributed by atoms with E-state index in [9.17, 15) is 4.79 Å². The Balaban J connectivity index is 2.62. The monoisotopic (exact) mass is 372 g/mol. The zero-order chi connectivity index (χ0) is 14.4. The van der Waals surface area contributed by atoms with Gasteiger partial charge in [-0.05, 0) is 69.3 Å². The Kier molecular flexibility index (Phi) is 3.59. The van der Waals surface area contributed by atoms with E-state index in [1.807, 2.05) is 46.8 Å². The third kappa shape index (κ3) is 2.75. The molecule has 0 amide bonds. The number of carbonyl (C=O) groups is 1. The number of halogens is 1. The number of pyridine rings is 1. The fourth-order valence-electron chi connectivity index (χ4n) is 1.87. The Bertz CT molecular complexity index is 653. The highest BCUT2D eigenvalue weighted by molar-refractivity contribution is 14.1. The number of aryl methyl sites for hydroxylation is 1. The van der Waals surface area contributed by atoms with Gasteiger partial charge in [-0.1, -0.05) is 0 Å². The van der Waals surface area contributed by atoms with Crippen LogP contribution >= 0.6 is 22.6 Å². The van der Waals surface area contributed by atoms with Crippen LogP contribution in [-0.2, 0) is 4.74 Å². The highest BCUT2D eigenvalue weighted by atomic mass is 127. The van der Waals surface area contributed by atoms with Crippen molar-refractivity contribution in [2.45, 2.75) is 40.2 Å². The molecule has 0 bridgehead atoms. The summed E-state index contributed by atoms with van der Waals surface area (Å²) in [5.41, 5.74) is 1.89. The van der Waals surface area contributed by atoms with Crippen molar-refractivity contribution in [3.8, 4) is 0 Å². The number of ether oxygens (including phenoxy) is 1. The average Bonchev–Trinajstić information content (AvgIpc) is 2.48. The molecule has 0 aromatic carbocycles. The average molecular weight is 372 g/mol. The molecule has 0 fully saturated rings. The van der Waals surface area contributed by atoms with Crippen LogP contribution in [-0.4, -0.2) is 21.2 Å². The standard InChI is InChI=1S/C14H17IN2O2/c1-8-6-7-10-11(15)9(2)17(12(10)16-8)13(18)19-14(3,4)5/h6-7H,1-5H3. The second-order valence-corrected chi connectivity index (χ2v) is 6.62. The third-order valence-electron chi connectivity index (χ3n) is 2.69. The van der Waals surface area contributed by atoms with Crippen molar-refractivity contribution < 1.29 is 9.53 Å². The van der Waals surface area contributed by atoms with Gasteiger partial charge < -0.3 is 4.74 Å². The van der Waals surface area contributed by atoms with Crippen LogP contribution in [0.3, 0.4) is 0 Å². The Labute approximate surface area is 126 Å². The Morgan fingerprint density at radius 3 is 2.53 bits per heavy atom. The molecule has 0 aliphatic rings. The zero-order valence-corrected chi connectivity index (χ0v) is 13.9. The number of hydrogen-bond donors (Lipinski definition) is 0. The molecule has 4 nitrogen and oxygen atoms in total. The first-order valence-corrected chi connectivity index (χ1v) is 7.16. The highest BCUT2D eigenvalue weighted by Gasteiger charge is 2.23. The maximum atomic E-state index is 12.3. The van der Waals surface area contributed by atoms with Gasteiger partial charge in [0.2, 0.25) is 0 Å². The van der Waals surface area contributed by atoms with Crippen LogP contribution in [0.4, 0.5) is 4.79 Å². The molecular weight excluding hydrogens is 355 g/mol. The van der Waals surface area contributed by atoms with Gasteiger partial charge in [0.1, 0.15) is 5.60 Å². The van der Waals surface area contributed by atoms with Crippen molar-refractivity contribution >= 4 is 39.7 Å². The predicted octanol–water partition coefficient (Wildman–Crippen LogP) is 4.04. The molecule has 2 rings (SSSR count). The van der Waals surface area contributed by atoms with Gasteiger partial charge in [0, 0.05) is 20.3 Å². The lowest BCUT2D eigenvalue weighted by molar-refractivity contribution is 0.0540. The van der Waals surface area contributed by atoms with Crippen molar-refractivity contribution in [1.29, 1.82) is 0 Å². The summed E-state index contributed by atoms with van der Waals surface area (Å²) in [4.78, 5) is 16.8. The minimum Gasteiger partial charge on any atom is -0.443 e. The summed E-state index contributed by atoms with van der Waals surface area (Å²) >= 11 is 2.24. The summed E-state index contributed by atoms with van der Waals surface area (Å²) in [5.74, 6) is 0. The fourth-order valence-corrected chi connectivity index (χ4v) is 2.53. The number of aromatic nitrogens is 2. The van der Waals surface area contributed by atoms with Crippen LogP contribution in [0, 0.1) is 17.4 Å². The second kappa shape index (κ2) is 4.77. The van der Waals surface area contributed by atoms with Crippen molar-refractivity contribution in [1.82, 2.24) is 9.55 Å². The number of rotatable bonds is 0. The van der Waals surface area contributed by atoms with Gasteiger partial charge in [0.05, 0.1) is 0 Å². The highest BCUT2D eigenvalue weighted by Crippen LogP contribution is 2.27. The lowest BCUT2D eigenvalue weighted by Crippen LogP contribution is -2.27. The van der Waals surface area contributed by atoms with Gasteiger partial charge in [0.15, 0.2) is 5.65 Å². The fraction of sp³-hybridized carbons (Fsp3) is 0.429. The lowest BCUT2D eigenvalue weighted by Gasteiger charge is -2.20. The summed E-state index contributed by atoms with van der Waals surface area (Å²) in [5, 5.41) is 0.981. The van der Waals surface area contributed by atoms with Gasteiger partial charge in [-0.25, -0.2) is 14.3 Å². The lowest BCUT2D eigenvalue weighted by atomic mass is 10.2. The largest absolute Gasteiger partial charge is 0.443 e. The van der Waals surface area contributed by atoms with E-state index in [0.717, 1.165) is 20.3 Å². The van der Waals surface area contributed by atoms with Gasteiger partial charge in [-0.3, -0.25) is 0 Å². The van der Waals surface area contributed by atoms with Crippen LogP contribution in [0.1, 0.15) is 32.2 Å². The summed E-state index contributed by atoms with van der Waals surface area (Å²) < 4.78 is 8.03. The molecule has 0 unspecified atom stereocenters. The van der Waals surface area contributed by atoms with Gasteiger partial charge in [-0.15, -0.1) is 0 Å². The normalized spacial score (nSPS) is 11.9. The van der Waals surface area contributed by atoms with Crippen LogP contribution in [0.15, 0.2) is 12.1 Å². The number of fused-ring (bicyclic) bond motifs is 1. The van der Waals surface area contributed by atoms with E-state index in [1.54, 1.807) is 4.57 Å². The molecule has 0 aliphatic carbocycles. The van der Waals surface area contributed by atoms with E-state index >= 15 is 0 Å². The van der Waals surface area contributed by atoms with Crippen LogP contribution in [0.2, 0.25) is 0 Å². The number of hydrogen-bond acceptors (Lipinski definition) is 3. The molecule has 19 heavy (non-hydrogen) atoms. The van der Waals surface area contributed by atoms with Crippen molar-refractivity contribution in [3.05, 3.63) is 27.1 Å². The second-order valence-electron chi connectivity index (χ2n) is 5.54. The molecule has 0 aliphatic heterocycles. The molecule has 0 saturated carbocycles. The minimum atomic E-state index is -0.518. The molecule has 102 valence electrons. The summed E-state index contributed by atoms with van der Waals surface area (Å²) in [6, 6.07) is 3.94. The Morgan fingerprint density at radius 1 is 1.32 bits per heavy atom. The molecule has 2 aromatic heterocycles. The zero-order valence-electron chi connectivity index (χ0n) is 11.7. The molecule has 5 heteroatoms. The van der Waals surface area contributed by atoms with Crippen molar-refractivity contribution in [2.24, 2.45) is 0 Å². The third-order valence-corrected chi connectivity index (χ3v) is 4.05. The number of carbonyl (C=O) groups excluding carboxylic acids is 1. The van der Waals surface area contributed by atoms with Crippen molar-refractivity contribution in [2.75, 3.05) is 0 Å². The molecule has 0 spiro atoms. The van der Waals surface area contributed by atoms with Gasteiger partial charge >= 0.3 is 6.09 Å². The molecule has 0 saturated heterocycles. The molecule has 2 heterocycles. The summed E-state index contributed by atoms with van der Waals surface area (Å²) in [7, 11) is 0. The van der Waals surface area contributed by atoms with Crippen molar-refractivity contribution in [3.63, 3.8) is 0 Å². The van der Waals surface area contributed by atoms with Crippen LogP contribution < -0.4 is 0 Å². The van der Waals surface area contributed by atoms with Crippen LogP contribution in [0.25, 0.3) is 11.0 Å². The first-order chi connectivity index (χ1) is 8.70. The van der Waals surface area contributed by atoms with Gasteiger partial charge in [0.25, 0.3) is 0 Å². The van der Waals surface area contributed by atoms with Gasteiger partial charge in [-0.2, -0.15) is 0 Å². The first kappa shape index (κ1) is 14.3. The predicted molar refractivity (Wildman–Crippen MR) is 83.6 cm³/mol. The maximum absolute atomic E-state index is 12.3. The maximum Gasteiger partial charge on any atom is 0.420 e. The SMILES string of the molecule is Cc1ccc2c(I)c(C)n(C(=O)OC(C)(C)C)c2n1. The number of nitrogens with zero attached hydrogens (tertiary/aromatic N) is 2.